The van der Waals surface area contributed by atoms with Crippen molar-refractivity contribution in [3.63, 3.8) is 0 Å². The second-order valence-electron chi connectivity index (χ2n) is 7.21. The van der Waals surface area contributed by atoms with E-state index < -0.39 is 9.84 Å². The molecule has 158 valence electrons. The first-order chi connectivity index (χ1) is 15.0. The zero-order valence-electron chi connectivity index (χ0n) is 16.7. The highest BCUT2D eigenvalue weighted by Crippen LogP contribution is 2.23. The monoisotopic (exact) mass is 496 g/mol. The molecule has 2 aromatic carbocycles. The van der Waals surface area contributed by atoms with Gasteiger partial charge in [0.1, 0.15) is 5.69 Å². The summed E-state index contributed by atoms with van der Waals surface area (Å²) in [6.07, 6.45) is 6.67. The van der Waals surface area contributed by atoms with E-state index in [4.69, 9.17) is 0 Å². The highest BCUT2D eigenvalue weighted by Gasteiger charge is 2.16. The Balaban J connectivity index is 1.33. The van der Waals surface area contributed by atoms with Gasteiger partial charge in [-0.05, 0) is 64.2 Å². The standard InChI is InChI=1S/C23H21BrN4O2S/c24-21-7-1-2-8-23(21)31(29,30)14-4-5-18-9-11-19(12-10-18)16-28-17-22(26-27-28)20-6-3-13-25-15-20/h1-3,6-13,15,17H,4-5,14,16H2. The van der Waals surface area contributed by atoms with Crippen LogP contribution < -0.4 is 0 Å². The van der Waals surface area contributed by atoms with E-state index in [1.54, 1.807) is 35.3 Å². The van der Waals surface area contributed by atoms with Crippen LogP contribution in [0, 0.1) is 0 Å². The lowest BCUT2D eigenvalue weighted by Crippen LogP contribution is -2.08. The third-order valence-corrected chi connectivity index (χ3v) is 7.72. The SMILES string of the molecule is O=S(=O)(CCCc1ccc(Cn2cc(-c3cccnc3)nn2)cc1)c1ccccc1Br. The van der Waals surface area contributed by atoms with Crippen LogP contribution in [0.1, 0.15) is 17.5 Å². The highest BCUT2D eigenvalue weighted by molar-refractivity contribution is 9.10. The molecule has 4 rings (SSSR count). The van der Waals surface area contributed by atoms with Gasteiger partial charge in [-0.25, -0.2) is 13.1 Å². The van der Waals surface area contributed by atoms with Crippen molar-refractivity contribution in [1.29, 1.82) is 0 Å². The third kappa shape index (κ3) is 5.45. The number of hydrogen-bond acceptors (Lipinski definition) is 5. The van der Waals surface area contributed by atoms with Gasteiger partial charge in [0.2, 0.25) is 0 Å². The molecule has 0 amide bonds. The van der Waals surface area contributed by atoms with Crippen LogP contribution in [0.25, 0.3) is 11.3 Å². The minimum atomic E-state index is -3.30. The average molecular weight is 497 g/mol. The van der Waals surface area contributed by atoms with Crippen molar-refractivity contribution in [3.05, 3.63) is 94.9 Å². The predicted octanol–water partition coefficient (Wildman–Crippen LogP) is 4.56. The minimum absolute atomic E-state index is 0.118. The fourth-order valence-electron chi connectivity index (χ4n) is 3.29. The summed E-state index contributed by atoms with van der Waals surface area (Å²) in [5.74, 6) is 0.118. The molecule has 0 saturated carbocycles. The topological polar surface area (TPSA) is 77.7 Å². The highest BCUT2D eigenvalue weighted by atomic mass is 79.9. The maximum atomic E-state index is 12.6. The van der Waals surface area contributed by atoms with Gasteiger partial charge in [-0.3, -0.25) is 4.98 Å². The third-order valence-electron chi connectivity index (χ3n) is 4.91. The number of hydrogen-bond donors (Lipinski definition) is 0. The van der Waals surface area contributed by atoms with Gasteiger partial charge in [0.15, 0.2) is 9.84 Å². The molecule has 0 atom stereocenters. The van der Waals surface area contributed by atoms with Crippen LogP contribution in [-0.4, -0.2) is 34.1 Å². The minimum Gasteiger partial charge on any atom is -0.264 e. The summed E-state index contributed by atoms with van der Waals surface area (Å²) in [6, 6.07) is 18.9. The Hall–Kier alpha value is -2.84. The molecule has 4 aromatic rings. The Morgan fingerprint density at radius 1 is 0.935 bits per heavy atom. The van der Waals surface area contributed by atoms with E-state index in [9.17, 15) is 8.42 Å². The van der Waals surface area contributed by atoms with E-state index in [2.05, 4.69) is 31.2 Å². The van der Waals surface area contributed by atoms with Gasteiger partial charge in [-0.15, -0.1) is 5.10 Å². The molecular formula is C23H21BrN4O2S. The molecule has 6 nitrogen and oxygen atoms in total. The molecule has 2 aromatic heterocycles. The Kier molecular flexibility index (Phi) is 6.58. The van der Waals surface area contributed by atoms with Crippen molar-refractivity contribution < 1.29 is 8.42 Å². The van der Waals surface area contributed by atoms with Crippen molar-refractivity contribution in [2.45, 2.75) is 24.3 Å². The lowest BCUT2D eigenvalue weighted by molar-refractivity contribution is 0.593. The van der Waals surface area contributed by atoms with Crippen molar-refractivity contribution in [3.8, 4) is 11.3 Å². The first-order valence-electron chi connectivity index (χ1n) is 9.87. The molecule has 0 N–H and O–H groups in total. The molecule has 0 aliphatic heterocycles. The summed E-state index contributed by atoms with van der Waals surface area (Å²) in [5.41, 5.74) is 3.94. The summed E-state index contributed by atoms with van der Waals surface area (Å²) >= 11 is 3.32. The van der Waals surface area contributed by atoms with E-state index in [0.29, 0.717) is 28.8 Å². The summed E-state index contributed by atoms with van der Waals surface area (Å²) in [4.78, 5) is 4.46. The molecule has 0 radical (unpaired) electrons. The number of aromatic nitrogens is 4. The molecule has 8 heteroatoms. The lowest BCUT2D eigenvalue weighted by Gasteiger charge is -2.07. The Labute approximate surface area is 190 Å². The van der Waals surface area contributed by atoms with Crippen LogP contribution in [0.15, 0.2) is 88.6 Å². The molecule has 2 heterocycles. The largest absolute Gasteiger partial charge is 0.264 e. The summed E-state index contributed by atoms with van der Waals surface area (Å²) < 4.78 is 27.5. The first kappa shape index (κ1) is 21.4. The molecule has 31 heavy (non-hydrogen) atoms. The normalized spacial score (nSPS) is 11.5. The second kappa shape index (κ2) is 9.53. The number of aryl methyl sites for hydroxylation is 1. The maximum absolute atomic E-state index is 12.6. The van der Waals surface area contributed by atoms with Gasteiger partial charge in [0.05, 0.1) is 23.4 Å². The Morgan fingerprint density at radius 2 is 1.71 bits per heavy atom. The lowest BCUT2D eigenvalue weighted by atomic mass is 10.1. The molecule has 0 spiro atoms. The molecule has 0 saturated heterocycles. The van der Waals surface area contributed by atoms with Crippen LogP contribution in [0.4, 0.5) is 0 Å². The molecule has 0 bridgehead atoms. The number of halogens is 1. The van der Waals surface area contributed by atoms with Crippen LogP contribution in [0.2, 0.25) is 0 Å². The molecule has 0 aliphatic carbocycles. The number of pyridine rings is 1. The summed E-state index contributed by atoms with van der Waals surface area (Å²) in [5, 5.41) is 8.40. The maximum Gasteiger partial charge on any atom is 0.179 e. The molecular weight excluding hydrogens is 476 g/mol. The van der Waals surface area contributed by atoms with E-state index in [-0.39, 0.29) is 5.75 Å². The van der Waals surface area contributed by atoms with E-state index in [0.717, 1.165) is 22.4 Å². The number of sulfone groups is 1. The van der Waals surface area contributed by atoms with Crippen LogP contribution in [0.5, 0.6) is 0 Å². The van der Waals surface area contributed by atoms with Gasteiger partial charge in [-0.1, -0.05) is 41.6 Å². The summed E-state index contributed by atoms with van der Waals surface area (Å²) in [7, 11) is -3.30. The summed E-state index contributed by atoms with van der Waals surface area (Å²) in [6.45, 7) is 0.615. The molecule has 0 unspecified atom stereocenters. The zero-order valence-corrected chi connectivity index (χ0v) is 19.1. The van der Waals surface area contributed by atoms with Gasteiger partial charge in [0.25, 0.3) is 0 Å². The van der Waals surface area contributed by atoms with Crippen molar-refractivity contribution in [2.24, 2.45) is 0 Å². The van der Waals surface area contributed by atoms with Gasteiger partial charge in [0, 0.05) is 22.4 Å². The van der Waals surface area contributed by atoms with Crippen molar-refractivity contribution in [1.82, 2.24) is 20.0 Å². The van der Waals surface area contributed by atoms with E-state index >= 15 is 0 Å². The molecule has 0 aliphatic rings. The van der Waals surface area contributed by atoms with Crippen LogP contribution in [-0.2, 0) is 22.8 Å². The Morgan fingerprint density at radius 3 is 2.45 bits per heavy atom. The predicted molar refractivity (Wildman–Crippen MR) is 123 cm³/mol. The van der Waals surface area contributed by atoms with Crippen molar-refractivity contribution >= 4 is 25.8 Å². The Bertz CT molecular complexity index is 1260. The number of nitrogens with zero attached hydrogens (tertiary/aromatic N) is 4. The fourth-order valence-corrected chi connectivity index (χ4v) is 5.71. The quantitative estimate of drug-likeness (QED) is 0.357. The van der Waals surface area contributed by atoms with Crippen molar-refractivity contribution in [2.75, 3.05) is 5.75 Å². The van der Waals surface area contributed by atoms with Crippen LogP contribution in [0.3, 0.4) is 0 Å². The number of benzene rings is 2. The van der Waals surface area contributed by atoms with Crippen LogP contribution >= 0.6 is 15.9 Å². The molecule has 0 fully saturated rings. The van der Waals surface area contributed by atoms with Gasteiger partial charge < -0.3 is 0 Å². The van der Waals surface area contributed by atoms with E-state index in [1.165, 1.54) is 0 Å². The smallest absolute Gasteiger partial charge is 0.179 e. The zero-order chi connectivity index (χ0) is 21.7. The second-order valence-corrected chi connectivity index (χ2v) is 10.1. The average Bonchev–Trinajstić information content (AvgIpc) is 3.24. The fraction of sp³-hybridized carbons (Fsp3) is 0.174. The number of rotatable bonds is 8. The van der Waals surface area contributed by atoms with E-state index in [1.807, 2.05) is 48.7 Å². The van der Waals surface area contributed by atoms with Gasteiger partial charge >= 0.3 is 0 Å². The van der Waals surface area contributed by atoms with Gasteiger partial charge in [-0.2, -0.15) is 0 Å². The first-order valence-corrected chi connectivity index (χ1v) is 12.3.